The van der Waals surface area contributed by atoms with Gasteiger partial charge in [0.2, 0.25) is 0 Å². The van der Waals surface area contributed by atoms with Crippen LogP contribution < -0.4 is 5.32 Å². The molecule has 0 amide bonds. The van der Waals surface area contributed by atoms with Gasteiger partial charge < -0.3 is 9.88 Å². The summed E-state index contributed by atoms with van der Waals surface area (Å²) in [4.78, 5) is 4.55. The Morgan fingerprint density at radius 2 is 2.37 bits per heavy atom. The van der Waals surface area contributed by atoms with Gasteiger partial charge in [-0.3, -0.25) is 0 Å². The van der Waals surface area contributed by atoms with Crippen molar-refractivity contribution in [3.8, 4) is 0 Å². The minimum absolute atomic E-state index is 0.375. The fourth-order valence-corrected chi connectivity index (χ4v) is 4.31. The zero-order chi connectivity index (χ0) is 13.7. The van der Waals surface area contributed by atoms with Gasteiger partial charge in [0.1, 0.15) is 5.82 Å². The molecular weight excluding hydrogens is 254 g/mol. The number of aromatic nitrogens is 2. The normalized spacial score (nSPS) is 24.8. The third-order valence-corrected chi connectivity index (χ3v) is 5.80. The van der Waals surface area contributed by atoms with Crippen LogP contribution >= 0.6 is 11.8 Å². The summed E-state index contributed by atoms with van der Waals surface area (Å²) >= 11 is 2.14. The van der Waals surface area contributed by atoms with Crippen molar-refractivity contribution in [3.05, 3.63) is 18.2 Å². The van der Waals surface area contributed by atoms with E-state index in [0.29, 0.717) is 10.8 Å². The molecule has 0 bridgehead atoms. The molecule has 108 valence electrons. The van der Waals surface area contributed by atoms with E-state index < -0.39 is 0 Å². The minimum atomic E-state index is 0.375. The number of hydrogen-bond donors (Lipinski definition) is 1. The number of rotatable bonds is 7. The second kappa shape index (κ2) is 6.80. The Bertz CT molecular complexity index is 382. The maximum atomic E-state index is 4.55. The molecule has 1 fully saturated rings. The molecule has 0 aliphatic carbocycles. The molecule has 1 aliphatic rings. The maximum absolute atomic E-state index is 4.55. The van der Waals surface area contributed by atoms with Gasteiger partial charge in [0.15, 0.2) is 0 Å². The first-order valence-electron chi connectivity index (χ1n) is 7.57. The molecule has 1 N–H and O–H groups in total. The lowest BCUT2D eigenvalue weighted by Crippen LogP contribution is -2.47. The Morgan fingerprint density at radius 3 is 3.00 bits per heavy atom. The van der Waals surface area contributed by atoms with Crippen LogP contribution in [0.4, 0.5) is 0 Å². The van der Waals surface area contributed by atoms with E-state index in [0.717, 1.165) is 19.5 Å². The van der Waals surface area contributed by atoms with Crippen LogP contribution in [0.1, 0.15) is 45.9 Å². The highest BCUT2D eigenvalue weighted by Gasteiger charge is 2.38. The molecule has 1 saturated heterocycles. The highest BCUT2D eigenvalue weighted by atomic mass is 32.2. The number of thioether (sulfide) groups is 1. The van der Waals surface area contributed by atoms with E-state index >= 15 is 0 Å². The average molecular weight is 281 g/mol. The van der Waals surface area contributed by atoms with Crippen molar-refractivity contribution >= 4 is 11.8 Å². The van der Waals surface area contributed by atoms with Gasteiger partial charge in [0.05, 0.1) is 0 Å². The maximum Gasteiger partial charge on any atom is 0.110 e. The van der Waals surface area contributed by atoms with Gasteiger partial charge in [0.25, 0.3) is 0 Å². The van der Waals surface area contributed by atoms with Crippen molar-refractivity contribution in [2.24, 2.45) is 0 Å². The highest BCUT2D eigenvalue weighted by molar-refractivity contribution is 8.00. The smallest absolute Gasteiger partial charge is 0.110 e. The summed E-state index contributed by atoms with van der Waals surface area (Å²) in [5.74, 6) is 2.54. The van der Waals surface area contributed by atoms with Crippen LogP contribution in [0.2, 0.25) is 0 Å². The van der Waals surface area contributed by atoms with Crippen molar-refractivity contribution in [1.82, 2.24) is 14.9 Å². The van der Waals surface area contributed by atoms with Gasteiger partial charge in [-0.25, -0.2) is 4.98 Å². The van der Waals surface area contributed by atoms with E-state index in [-0.39, 0.29) is 0 Å². The number of hydrogen-bond acceptors (Lipinski definition) is 3. The van der Waals surface area contributed by atoms with E-state index in [1.165, 1.54) is 30.8 Å². The van der Waals surface area contributed by atoms with Crippen LogP contribution in [0.25, 0.3) is 0 Å². The molecule has 1 aromatic rings. The van der Waals surface area contributed by atoms with E-state index in [4.69, 9.17) is 0 Å². The Morgan fingerprint density at radius 1 is 1.53 bits per heavy atom. The van der Waals surface area contributed by atoms with Crippen molar-refractivity contribution in [2.75, 3.05) is 12.3 Å². The Hall–Kier alpha value is -0.480. The first-order chi connectivity index (χ1) is 9.19. The molecule has 2 atom stereocenters. The quantitative estimate of drug-likeness (QED) is 0.833. The number of nitrogens with one attached hydrogen (secondary N) is 1. The molecule has 0 aromatic carbocycles. The fraction of sp³-hybridized carbons (Fsp3) is 0.800. The van der Waals surface area contributed by atoms with Gasteiger partial charge in [-0.15, -0.1) is 0 Å². The standard InChI is InChI=1S/C15H27N3S/c1-4-8-16-13(15(3)7-6-11-19-15)12-14-17-9-10-18(14)5-2/h9-10,13,16H,4-8,11-12H2,1-3H3. The zero-order valence-corrected chi connectivity index (χ0v) is 13.3. The molecule has 4 heteroatoms. The monoisotopic (exact) mass is 281 g/mol. The van der Waals surface area contributed by atoms with Crippen LogP contribution in [0.5, 0.6) is 0 Å². The molecule has 2 heterocycles. The minimum Gasteiger partial charge on any atom is -0.335 e. The van der Waals surface area contributed by atoms with E-state index in [1.54, 1.807) is 0 Å². The summed E-state index contributed by atoms with van der Waals surface area (Å²) < 4.78 is 2.64. The molecule has 1 aromatic heterocycles. The predicted octanol–water partition coefficient (Wildman–Crippen LogP) is 3.10. The largest absolute Gasteiger partial charge is 0.335 e. The van der Waals surface area contributed by atoms with Crippen LogP contribution in [0, 0.1) is 0 Å². The summed E-state index contributed by atoms with van der Waals surface area (Å²) in [5.41, 5.74) is 0. The predicted molar refractivity (Wildman–Crippen MR) is 83.8 cm³/mol. The molecular formula is C15H27N3S. The second-order valence-electron chi connectivity index (χ2n) is 5.60. The van der Waals surface area contributed by atoms with E-state index in [9.17, 15) is 0 Å². The number of aryl methyl sites for hydroxylation is 1. The summed E-state index contributed by atoms with van der Waals surface area (Å²) in [5, 5.41) is 3.77. The topological polar surface area (TPSA) is 29.9 Å². The van der Waals surface area contributed by atoms with Gasteiger partial charge in [-0.2, -0.15) is 11.8 Å². The molecule has 0 spiro atoms. The average Bonchev–Trinajstić information content (AvgIpc) is 3.03. The summed E-state index contributed by atoms with van der Waals surface area (Å²) in [6.07, 6.45) is 8.94. The molecule has 0 saturated carbocycles. The molecule has 19 heavy (non-hydrogen) atoms. The number of imidazole rings is 1. The van der Waals surface area contributed by atoms with Gasteiger partial charge >= 0.3 is 0 Å². The third kappa shape index (κ3) is 3.54. The van der Waals surface area contributed by atoms with Gasteiger partial charge in [0, 0.05) is 36.1 Å². The second-order valence-corrected chi connectivity index (χ2v) is 7.23. The van der Waals surface area contributed by atoms with Crippen LogP contribution in [-0.4, -0.2) is 32.6 Å². The molecule has 1 aliphatic heterocycles. The first-order valence-corrected chi connectivity index (χ1v) is 8.55. The zero-order valence-electron chi connectivity index (χ0n) is 12.5. The SMILES string of the molecule is CCCNC(Cc1nccn1CC)C1(C)CCCS1. The highest BCUT2D eigenvalue weighted by Crippen LogP contribution is 2.41. The lowest BCUT2D eigenvalue weighted by Gasteiger charge is -2.34. The lowest BCUT2D eigenvalue weighted by atomic mass is 9.93. The summed E-state index contributed by atoms with van der Waals surface area (Å²) in [7, 11) is 0. The van der Waals surface area contributed by atoms with Crippen molar-refractivity contribution in [2.45, 2.75) is 63.8 Å². The van der Waals surface area contributed by atoms with Gasteiger partial charge in [-0.1, -0.05) is 6.92 Å². The van der Waals surface area contributed by atoms with Gasteiger partial charge in [-0.05, 0) is 45.4 Å². The summed E-state index contributed by atoms with van der Waals surface area (Å²) in [6, 6.07) is 0.535. The Balaban J connectivity index is 2.09. The van der Waals surface area contributed by atoms with E-state index in [2.05, 4.69) is 53.6 Å². The van der Waals surface area contributed by atoms with Crippen molar-refractivity contribution in [1.29, 1.82) is 0 Å². The molecule has 3 nitrogen and oxygen atoms in total. The van der Waals surface area contributed by atoms with Crippen molar-refractivity contribution in [3.63, 3.8) is 0 Å². The number of nitrogens with zero attached hydrogens (tertiary/aromatic N) is 2. The van der Waals surface area contributed by atoms with E-state index in [1.807, 2.05) is 6.20 Å². The molecule has 2 rings (SSSR count). The van der Waals surface area contributed by atoms with Crippen LogP contribution in [0.15, 0.2) is 12.4 Å². The van der Waals surface area contributed by atoms with Crippen molar-refractivity contribution < 1.29 is 0 Å². The lowest BCUT2D eigenvalue weighted by molar-refractivity contribution is 0.389. The fourth-order valence-electron chi connectivity index (χ4n) is 2.90. The Labute approximate surface area is 121 Å². The first kappa shape index (κ1) is 14.9. The Kier molecular flexibility index (Phi) is 5.34. The third-order valence-electron chi connectivity index (χ3n) is 4.16. The van der Waals surface area contributed by atoms with Crippen LogP contribution in [0.3, 0.4) is 0 Å². The molecule has 2 unspecified atom stereocenters. The molecule has 0 radical (unpaired) electrons. The van der Waals surface area contributed by atoms with Crippen LogP contribution in [-0.2, 0) is 13.0 Å². The summed E-state index contributed by atoms with van der Waals surface area (Å²) in [6.45, 7) is 8.97.